The maximum atomic E-state index is 6.32. The lowest BCUT2D eigenvalue weighted by atomic mass is 10.1. The third-order valence-corrected chi connectivity index (χ3v) is 3.33. The molecule has 1 aromatic carbocycles. The van der Waals surface area contributed by atoms with E-state index in [2.05, 4.69) is 37.6 Å². The first-order valence-electron chi connectivity index (χ1n) is 6.81. The quantitative estimate of drug-likeness (QED) is 0.917. The highest BCUT2D eigenvalue weighted by Gasteiger charge is 2.15. The normalized spacial score (nSPS) is 12.3. The monoisotopic (exact) mass is 279 g/mol. The molecule has 0 aliphatic rings. The summed E-state index contributed by atoms with van der Waals surface area (Å²) in [6.45, 7) is 10.4. The topological polar surface area (TPSA) is 29.9 Å². The minimum Gasteiger partial charge on any atom is -0.326 e. The zero-order valence-electron chi connectivity index (χ0n) is 12.1. The Morgan fingerprint density at radius 2 is 2.05 bits per heavy atom. The van der Waals surface area contributed by atoms with Crippen LogP contribution in [0.3, 0.4) is 0 Å². The lowest BCUT2D eigenvalue weighted by molar-refractivity contribution is 0.412. The molecule has 19 heavy (non-hydrogen) atoms. The third kappa shape index (κ3) is 3.28. The van der Waals surface area contributed by atoms with Gasteiger partial charge in [-0.05, 0) is 39.3 Å². The molecule has 2 rings (SSSR count). The van der Waals surface area contributed by atoms with Crippen LogP contribution in [0.5, 0.6) is 0 Å². The van der Waals surface area contributed by atoms with E-state index < -0.39 is 0 Å². The number of fused-ring (bicyclic) bond motifs is 1. The van der Waals surface area contributed by atoms with E-state index in [0.29, 0.717) is 0 Å². The van der Waals surface area contributed by atoms with Crippen LogP contribution in [-0.4, -0.2) is 15.1 Å². The van der Waals surface area contributed by atoms with E-state index in [4.69, 9.17) is 16.6 Å². The lowest BCUT2D eigenvalue weighted by Gasteiger charge is -2.20. The fraction of sp³-hybridized carbons (Fsp3) is 0.533. The number of rotatable bonds is 4. The van der Waals surface area contributed by atoms with Gasteiger partial charge in [-0.1, -0.05) is 24.6 Å². The van der Waals surface area contributed by atoms with Crippen LogP contribution in [0.15, 0.2) is 18.2 Å². The number of nitrogens with one attached hydrogen (secondary N) is 1. The SMILES string of the molecule is CCCn1c(CNC(C)(C)C)nc2cccc(Cl)c21. The number of halogens is 1. The molecule has 1 N–H and O–H groups in total. The summed E-state index contributed by atoms with van der Waals surface area (Å²) in [5.41, 5.74) is 2.11. The highest BCUT2D eigenvalue weighted by atomic mass is 35.5. The average molecular weight is 280 g/mol. The van der Waals surface area contributed by atoms with Gasteiger partial charge in [0.2, 0.25) is 0 Å². The Morgan fingerprint density at radius 1 is 1.32 bits per heavy atom. The van der Waals surface area contributed by atoms with Crippen LogP contribution < -0.4 is 5.32 Å². The molecule has 104 valence electrons. The number of aryl methyl sites for hydroxylation is 1. The van der Waals surface area contributed by atoms with Crippen molar-refractivity contribution in [1.29, 1.82) is 0 Å². The van der Waals surface area contributed by atoms with Crippen molar-refractivity contribution in [2.24, 2.45) is 0 Å². The van der Waals surface area contributed by atoms with Crippen LogP contribution in [0.2, 0.25) is 5.02 Å². The number of hydrogen-bond acceptors (Lipinski definition) is 2. The molecule has 1 aromatic heterocycles. The maximum absolute atomic E-state index is 6.32. The molecule has 4 heteroatoms. The zero-order valence-corrected chi connectivity index (χ0v) is 12.9. The summed E-state index contributed by atoms with van der Waals surface area (Å²) in [5, 5.41) is 4.27. The van der Waals surface area contributed by atoms with Crippen LogP contribution in [0.4, 0.5) is 0 Å². The number of imidazole rings is 1. The summed E-state index contributed by atoms with van der Waals surface area (Å²) in [4.78, 5) is 4.71. The van der Waals surface area contributed by atoms with Crippen LogP contribution in [-0.2, 0) is 13.1 Å². The first kappa shape index (κ1) is 14.4. The number of benzene rings is 1. The van der Waals surface area contributed by atoms with Crippen molar-refractivity contribution >= 4 is 22.6 Å². The predicted octanol–water partition coefficient (Wildman–Crippen LogP) is 3.99. The third-order valence-electron chi connectivity index (χ3n) is 3.02. The molecule has 1 heterocycles. The molecular formula is C15H22ClN3. The molecule has 0 spiro atoms. The van der Waals surface area contributed by atoms with Crippen LogP contribution in [0, 0.1) is 0 Å². The van der Waals surface area contributed by atoms with Gasteiger partial charge in [-0.25, -0.2) is 4.98 Å². The second-order valence-electron chi connectivity index (χ2n) is 5.89. The number of hydrogen-bond donors (Lipinski definition) is 1. The first-order valence-corrected chi connectivity index (χ1v) is 7.19. The Kier molecular flexibility index (Phi) is 4.16. The average Bonchev–Trinajstić information content (AvgIpc) is 2.66. The van der Waals surface area contributed by atoms with E-state index in [9.17, 15) is 0 Å². The van der Waals surface area contributed by atoms with Crippen molar-refractivity contribution in [3.05, 3.63) is 29.0 Å². The standard InChI is InChI=1S/C15H22ClN3/c1-5-9-19-13(10-17-15(2,3)4)18-12-8-6-7-11(16)14(12)19/h6-8,17H,5,9-10H2,1-4H3. The van der Waals surface area contributed by atoms with Gasteiger partial charge in [0.05, 0.1) is 22.6 Å². The fourth-order valence-corrected chi connectivity index (χ4v) is 2.41. The van der Waals surface area contributed by atoms with Crippen molar-refractivity contribution in [3.63, 3.8) is 0 Å². The summed E-state index contributed by atoms with van der Waals surface area (Å²) in [6.07, 6.45) is 1.07. The molecule has 0 radical (unpaired) electrons. The van der Waals surface area contributed by atoms with E-state index in [0.717, 1.165) is 41.4 Å². The predicted molar refractivity (Wildman–Crippen MR) is 81.6 cm³/mol. The summed E-state index contributed by atoms with van der Waals surface area (Å²) < 4.78 is 2.23. The van der Waals surface area contributed by atoms with E-state index in [-0.39, 0.29) is 5.54 Å². The van der Waals surface area contributed by atoms with Crippen molar-refractivity contribution in [3.8, 4) is 0 Å². The largest absolute Gasteiger partial charge is 0.326 e. The molecule has 0 amide bonds. The number of nitrogens with zero attached hydrogens (tertiary/aromatic N) is 2. The van der Waals surface area contributed by atoms with Crippen molar-refractivity contribution < 1.29 is 0 Å². The van der Waals surface area contributed by atoms with Gasteiger partial charge in [-0.2, -0.15) is 0 Å². The number of aromatic nitrogens is 2. The molecule has 2 aromatic rings. The van der Waals surface area contributed by atoms with Gasteiger partial charge in [0.1, 0.15) is 5.82 Å². The van der Waals surface area contributed by atoms with Gasteiger partial charge in [0.15, 0.2) is 0 Å². The molecular weight excluding hydrogens is 258 g/mol. The Bertz CT molecular complexity index is 567. The zero-order chi connectivity index (χ0) is 14.0. The molecule has 0 fully saturated rings. The molecule has 0 saturated carbocycles. The van der Waals surface area contributed by atoms with Gasteiger partial charge in [0.25, 0.3) is 0 Å². The van der Waals surface area contributed by atoms with E-state index in [1.807, 2.05) is 18.2 Å². The Hall–Kier alpha value is -1.06. The Labute approximate surface area is 120 Å². The van der Waals surface area contributed by atoms with Crippen LogP contribution in [0.25, 0.3) is 11.0 Å². The van der Waals surface area contributed by atoms with Gasteiger partial charge >= 0.3 is 0 Å². The lowest BCUT2D eigenvalue weighted by Crippen LogP contribution is -2.36. The summed E-state index contributed by atoms with van der Waals surface area (Å²) in [6, 6.07) is 5.90. The summed E-state index contributed by atoms with van der Waals surface area (Å²) >= 11 is 6.32. The van der Waals surface area contributed by atoms with Gasteiger partial charge < -0.3 is 9.88 Å². The second-order valence-corrected chi connectivity index (χ2v) is 6.30. The summed E-state index contributed by atoms with van der Waals surface area (Å²) in [5.74, 6) is 1.06. The minimum atomic E-state index is 0.0823. The molecule has 0 unspecified atom stereocenters. The minimum absolute atomic E-state index is 0.0823. The second kappa shape index (κ2) is 5.51. The van der Waals surface area contributed by atoms with E-state index in [1.54, 1.807) is 0 Å². The Balaban J connectivity index is 2.42. The molecule has 0 saturated heterocycles. The highest BCUT2D eigenvalue weighted by Crippen LogP contribution is 2.25. The molecule has 0 atom stereocenters. The summed E-state index contributed by atoms with van der Waals surface area (Å²) in [7, 11) is 0. The Morgan fingerprint density at radius 3 is 2.68 bits per heavy atom. The maximum Gasteiger partial charge on any atom is 0.123 e. The van der Waals surface area contributed by atoms with Crippen molar-refractivity contribution in [2.75, 3.05) is 0 Å². The highest BCUT2D eigenvalue weighted by molar-refractivity contribution is 6.35. The van der Waals surface area contributed by atoms with E-state index in [1.165, 1.54) is 0 Å². The molecule has 3 nitrogen and oxygen atoms in total. The first-order chi connectivity index (χ1) is 8.92. The van der Waals surface area contributed by atoms with Gasteiger partial charge in [0, 0.05) is 12.1 Å². The van der Waals surface area contributed by atoms with Crippen LogP contribution in [0.1, 0.15) is 39.9 Å². The van der Waals surface area contributed by atoms with Crippen LogP contribution >= 0.6 is 11.6 Å². The molecule has 0 bridgehead atoms. The van der Waals surface area contributed by atoms with Crippen molar-refractivity contribution in [1.82, 2.24) is 14.9 Å². The smallest absolute Gasteiger partial charge is 0.123 e. The molecule has 0 aliphatic heterocycles. The van der Waals surface area contributed by atoms with Gasteiger partial charge in [-0.3, -0.25) is 0 Å². The van der Waals surface area contributed by atoms with E-state index >= 15 is 0 Å². The number of para-hydroxylation sites is 1. The van der Waals surface area contributed by atoms with Gasteiger partial charge in [-0.15, -0.1) is 0 Å². The van der Waals surface area contributed by atoms with Crippen molar-refractivity contribution in [2.45, 2.75) is 52.7 Å². The molecule has 0 aliphatic carbocycles. The fourth-order valence-electron chi connectivity index (χ4n) is 2.13.